The summed E-state index contributed by atoms with van der Waals surface area (Å²) in [6.45, 7) is 0.564. The van der Waals surface area contributed by atoms with Crippen LogP contribution in [0.2, 0.25) is 0 Å². The maximum absolute atomic E-state index is 12.6. The number of nitrogens with one attached hydrogen (secondary N) is 1. The van der Waals surface area contributed by atoms with Crippen molar-refractivity contribution in [1.29, 1.82) is 0 Å². The number of hydrogen-bond acceptors (Lipinski definition) is 6. The van der Waals surface area contributed by atoms with Crippen molar-refractivity contribution in [2.75, 3.05) is 11.1 Å². The van der Waals surface area contributed by atoms with Gasteiger partial charge in [0.25, 0.3) is 0 Å². The van der Waals surface area contributed by atoms with Gasteiger partial charge in [-0.1, -0.05) is 84.2 Å². The number of carbonyl (C=O) groups excluding carboxylic acids is 1. The second-order valence-corrected chi connectivity index (χ2v) is 8.41. The molecule has 1 N–H and O–H groups in total. The van der Waals surface area contributed by atoms with E-state index in [1.165, 1.54) is 11.8 Å². The first-order valence-electron chi connectivity index (χ1n) is 9.32. The van der Waals surface area contributed by atoms with Crippen molar-refractivity contribution in [3.63, 3.8) is 0 Å². The highest BCUT2D eigenvalue weighted by molar-refractivity contribution is 8.00. The summed E-state index contributed by atoms with van der Waals surface area (Å²) in [5.41, 5.74) is 1.89. The SMILES string of the molecule is O=C(CSc1nnnn1Cc1ccccc1)Nc1ccccc1Sc1ccccc1. The number of rotatable bonds is 8. The van der Waals surface area contributed by atoms with Crippen LogP contribution in [-0.2, 0) is 11.3 Å². The Bertz CT molecular complexity index is 1100. The molecule has 0 saturated carbocycles. The van der Waals surface area contributed by atoms with Crippen molar-refractivity contribution in [2.24, 2.45) is 0 Å². The fourth-order valence-corrected chi connectivity index (χ4v) is 4.35. The Balaban J connectivity index is 1.37. The van der Waals surface area contributed by atoms with Crippen LogP contribution in [-0.4, -0.2) is 31.9 Å². The molecule has 0 aliphatic carbocycles. The predicted octanol–water partition coefficient (Wildman–Crippen LogP) is 4.60. The van der Waals surface area contributed by atoms with Gasteiger partial charge in [0.15, 0.2) is 0 Å². The Morgan fingerprint density at radius 1 is 0.900 bits per heavy atom. The summed E-state index contributed by atoms with van der Waals surface area (Å²) in [4.78, 5) is 14.7. The van der Waals surface area contributed by atoms with Gasteiger partial charge in [0.1, 0.15) is 0 Å². The number of carbonyl (C=O) groups is 1. The van der Waals surface area contributed by atoms with Crippen LogP contribution in [0.1, 0.15) is 5.56 Å². The Hall–Kier alpha value is -3.10. The predicted molar refractivity (Wildman–Crippen MR) is 120 cm³/mol. The van der Waals surface area contributed by atoms with E-state index < -0.39 is 0 Å². The van der Waals surface area contributed by atoms with Crippen molar-refractivity contribution in [3.05, 3.63) is 90.5 Å². The summed E-state index contributed by atoms with van der Waals surface area (Å²) in [6.07, 6.45) is 0. The summed E-state index contributed by atoms with van der Waals surface area (Å²) in [5.74, 6) is 0.120. The Morgan fingerprint density at radius 2 is 1.60 bits per heavy atom. The summed E-state index contributed by atoms with van der Waals surface area (Å²) in [5, 5.41) is 15.4. The highest BCUT2D eigenvalue weighted by Gasteiger charge is 2.12. The zero-order chi connectivity index (χ0) is 20.6. The summed E-state index contributed by atoms with van der Waals surface area (Å²) >= 11 is 2.94. The van der Waals surface area contributed by atoms with Gasteiger partial charge in [0.05, 0.1) is 18.0 Å². The van der Waals surface area contributed by atoms with Crippen LogP contribution >= 0.6 is 23.5 Å². The zero-order valence-electron chi connectivity index (χ0n) is 16.0. The molecule has 0 aliphatic heterocycles. The molecule has 0 radical (unpaired) electrons. The quantitative estimate of drug-likeness (QED) is 0.409. The molecule has 30 heavy (non-hydrogen) atoms. The Labute approximate surface area is 183 Å². The molecule has 0 spiro atoms. The third-order valence-electron chi connectivity index (χ3n) is 4.14. The average molecular weight is 434 g/mol. The van der Waals surface area contributed by atoms with E-state index in [0.717, 1.165) is 21.0 Å². The monoisotopic (exact) mass is 433 g/mol. The van der Waals surface area contributed by atoms with Crippen molar-refractivity contribution >= 4 is 35.1 Å². The first kappa shape index (κ1) is 20.2. The molecular weight excluding hydrogens is 414 g/mol. The highest BCUT2D eigenvalue weighted by atomic mass is 32.2. The Morgan fingerprint density at radius 3 is 2.40 bits per heavy atom. The van der Waals surface area contributed by atoms with E-state index in [2.05, 4.69) is 20.8 Å². The molecule has 8 heteroatoms. The van der Waals surface area contributed by atoms with Gasteiger partial charge in [-0.3, -0.25) is 4.79 Å². The summed E-state index contributed by atoms with van der Waals surface area (Å²) in [6, 6.07) is 27.8. The van der Waals surface area contributed by atoms with Crippen LogP contribution in [0.4, 0.5) is 5.69 Å². The summed E-state index contributed by atoms with van der Waals surface area (Å²) < 4.78 is 1.70. The molecule has 1 aromatic heterocycles. The van der Waals surface area contributed by atoms with E-state index in [4.69, 9.17) is 0 Å². The number of benzene rings is 3. The normalized spacial score (nSPS) is 10.7. The highest BCUT2D eigenvalue weighted by Crippen LogP contribution is 2.33. The van der Waals surface area contributed by atoms with Gasteiger partial charge < -0.3 is 5.32 Å². The topological polar surface area (TPSA) is 72.7 Å². The maximum Gasteiger partial charge on any atom is 0.234 e. The Kier molecular flexibility index (Phi) is 6.79. The van der Waals surface area contributed by atoms with Crippen molar-refractivity contribution in [1.82, 2.24) is 20.2 Å². The van der Waals surface area contributed by atoms with E-state index >= 15 is 0 Å². The van der Waals surface area contributed by atoms with Crippen LogP contribution in [0, 0.1) is 0 Å². The number of anilines is 1. The van der Waals surface area contributed by atoms with E-state index in [-0.39, 0.29) is 11.7 Å². The molecule has 1 amide bonds. The molecule has 0 unspecified atom stereocenters. The molecule has 4 rings (SSSR count). The van der Waals surface area contributed by atoms with Crippen LogP contribution in [0.15, 0.2) is 99.9 Å². The number of nitrogens with zero attached hydrogens (tertiary/aromatic N) is 4. The molecule has 4 aromatic rings. The molecule has 0 saturated heterocycles. The minimum absolute atomic E-state index is 0.102. The summed E-state index contributed by atoms with van der Waals surface area (Å²) in [7, 11) is 0. The molecule has 3 aromatic carbocycles. The first-order valence-corrected chi connectivity index (χ1v) is 11.1. The number of amides is 1. The molecule has 0 fully saturated rings. The van der Waals surface area contributed by atoms with Gasteiger partial charge in [-0.05, 0) is 40.3 Å². The number of aromatic nitrogens is 4. The van der Waals surface area contributed by atoms with E-state index in [1.54, 1.807) is 16.4 Å². The maximum atomic E-state index is 12.6. The van der Waals surface area contributed by atoms with Crippen LogP contribution in [0.5, 0.6) is 0 Å². The van der Waals surface area contributed by atoms with Gasteiger partial charge in [-0.25, -0.2) is 4.68 Å². The molecular formula is C22H19N5OS2. The number of para-hydroxylation sites is 1. The van der Waals surface area contributed by atoms with E-state index in [1.807, 2.05) is 84.9 Å². The number of hydrogen-bond donors (Lipinski definition) is 1. The van der Waals surface area contributed by atoms with Crippen LogP contribution < -0.4 is 5.32 Å². The lowest BCUT2D eigenvalue weighted by atomic mass is 10.2. The fraction of sp³-hybridized carbons (Fsp3) is 0.0909. The van der Waals surface area contributed by atoms with Crippen LogP contribution in [0.3, 0.4) is 0 Å². The van der Waals surface area contributed by atoms with E-state index in [9.17, 15) is 4.79 Å². The standard InChI is InChI=1S/C22H19N5OS2/c28-21(16-29-22-24-25-26-27(22)15-17-9-3-1-4-10-17)23-19-13-7-8-14-20(19)30-18-11-5-2-6-12-18/h1-14H,15-16H2,(H,23,28). The molecule has 0 aliphatic rings. The zero-order valence-corrected chi connectivity index (χ0v) is 17.6. The van der Waals surface area contributed by atoms with Crippen molar-refractivity contribution in [2.45, 2.75) is 21.5 Å². The molecule has 1 heterocycles. The number of tetrazole rings is 1. The van der Waals surface area contributed by atoms with Crippen molar-refractivity contribution in [3.8, 4) is 0 Å². The largest absolute Gasteiger partial charge is 0.324 e. The molecule has 6 nitrogen and oxygen atoms in total. The minimum atomic E-state index is -0.102. The van der Waals surface area contributed by atoms with E-state index in [0.29, 0.717) is 11.7 Å². The lowest BCUT2D eigenvalue weighted by molar-refractivity contribution is -0.113. The van der Waals surface area contributed by atoms with Gasteiger partial charge in [-0.15, -0.1) is 5.10 Å². The molecule has 0 bridgehead atoms. The van der Waals surface area contributed by atoms with Crippen molar-refractivity contribution < 1.29 is 4.79 Å². The van der Waals surface area contributed by atoms with Crippen LogP contribution in [0.25, 0.3) is 0 Å². The molecule has 150 valence electrons. The third kappa shape index (κ3) is 5.49. The fourth-order valence-electron chi connectivity index (χ4n) is 2.75. The second kappa shape index (κ2) is 10.1. The lowest BCUT2D eigenvalue weighted by Crippen LogP contribution is -2.15. The minimum Gasteiger partial charge on any atom is -0.324 e. The smallest absolute Gasteiger partial charge is 0.234 e. The lowest BCUT2D eigenvalue weighted by Gasteiger charge is -2.10. The van der Waals surface area contributed by atoms with Gasteiger partial charge in [-0.2, -0.15) is 0 Å². The van der Waals surface area contributed by atoms with Gasteiger partial charge in [0.2, 0.25) is 11.1 Å². The first-order chi connectivity index (χ1) is 14.8. The number of thioether (sulfide) groups is 1. The van der Waals surface area contributed by atoms with Gasteiger partial charge >= 0.3 is 0 Å². The molecule has 0 atom stereocenters. The van der Waals surface area contributed by atoms with Gasteiger partial charge in [0, 0.05) is 9.79 Å². The third-order valence-corrected chi connectivity index (χ3v) is 6.18. The average Bonchev–Trinajstić information content (AvgIpc) is 3.22. The second-order valence-electron chi connectivity index (χ2n) is 6.35.